The third-order valence-electron chi connectivity index (χ3n) is 2.52. The van der Waals surface area contributed by atoms with E-state index in [1.54, 1.807) is 12.1 Å². The van der Waals surface area contributed by atoms with Gasteiger partial charge >= 0.3 is 6.09 Å². The van der Waals surface area contributed by atoms with Gasteiger partial charge in [-0.15, -0.1) is 13.2 Å². The first-order valence-electron chi connectivity index (χ1n) is 5.24. The Morgan fingerprint density at radius 3 is 2.24 bits per heavy atom. The van der Waals surface area contributed by atoms with Crippen molar-refractivity contribution in [2.75, 3.05) is 0 Å². The summed E-state index contributed by atoms with van der Waals surface area (Å²) < 4.78 is 17.8. The van der Waals surface area contributed by atoms with Crippen molar-refractivity contribution in [1.82, 2.24) is 5.32 Å². The van der Waals surface area contributed by atoms with Crippen molar-refractivity contribution in [3.63, 3.8) is 0 Å². The number of rotatable bonds is 1. The molecule has 0 spiro atoms. The molecule has 1 heterocycles. The Morgan fingerprint density at radius 1 is 1.29 bits per heavy atom. The molecule has 0 radical (unpaired) electrons. The fraction of sp³-hybridized carbons (Fsp3) is 0.308. The predicted octanol–water partition coefficient (Wildman–Crippen LogP) is 3.19. The molecule has 1 atom stereocenters. The first kappa shape index (κ1) is 13.2. The quantitative estimate of drug-likeness (QED) is 0.762. The molecule has 92 valence electrons. The molecule has 1 N–H and O–H groups in total. The molecular formula is C13H16FNO2. The summed E-state index contributed by atoms with van der Waals surface area (Å²) >= 11 is 0. The number of carbonyl (C=O) groups is 1. The zero-order chi connectivity index (χ0) is 13.1. The number of cyclic esters (lactones) is 1. The molecule has 0 aromatic heterocycles. The van der Waals surface area contributed by atoms with E-state index in [-0.39, 0.29) is 11.9 Å². The summed E-state index contributed by atoms with van der Waals surface area (Å²) in [5, 5.41) is 2.70. The Kier molecular flexibility index (Phi) is 3.89. The van der Waals surface area contributed by atoms with Crippen molar-refractivity contribution in [2.24, 2.45) is 0 Å². The number of benzene rings is 1. The highest BCUT2D eigenvalue weighted by Crippen LogP contribution is 2.33. The van der Waals surface area contributed by atoms with E-state index in [1.165, 1.54) is 12.1 Å². The van der Waals surface area contributed by atoms with Crippen LogP contribution in [0.2, 0.25) is 0 Å². The average molecular weight is 237 g/mol. The summed E-state index contributed by atoms with van der Waals surface area (Å²) in [5.74, 6) is -0.290. The van der Waals surface area contributed by atoms with Crippen LogP contribution in [0.1, 0.15) is 25.5 Å². The molecule has 4 heteroatoms. The zero-order valence-electron chi connectivity index (χ0n) is 10.00. The van der Waals surface area contributed by atoms with Gasteiger partial charge in [0.15, 0.2) is 0 Å². The van der Waals surface area contributed by atoms with Gasteiger partial charge < -0.3 is 10.1 Å². The zero-order valence-corrected chi connectivity index (χ0v) is 10.00. The Balaban J connectivity index is 0.000000686. The second-order valence-corrected chi connectivity index (χ2v) is 4.12. The lowest BCUT2D eigenvalue weighted by Gasteiger charge is -2.23. The number of nitrogens with one attached hydrogen (secondary N) is 1. The lowest BCUT2D eigenvalue weighted by Crippen LogP contribution is -2.30. The van der Waals surface area contributed by atoms with Gasteiger partial charge in [-0.25, -0.2) is 9.18 Å². The highest BCUT2D eigenvalue weighted by Gasteiger charge is 2.42. The number of amides is 1. The molecule has 0 aliphatic carbocycles. The molecule has 17 heavy (non-hydrogen) atoms. The van der Waals surface area contributed by atoms with E-state index < -0.39 is 11.7 Å². The van der Waals surface area contributed by atoms with Gasteiger partial charge in [0, 0.05) is 0 Å². The van der Waals surface area contributed by atoms with Gasteiger partial charge in [-0.05, 0) is 31.5 Å². The van der Waals surface area contributed by atoms with Crippen LogP contribution < -0.4 is 5.32 Å². The molecule has 1 aliphatic rings. The molecule has 0 bridgehead atoms. The summed E-state index contributed by atoms with van der Waals surface area (Å²) in [5.41, 5.74) is 0.238. The minimum absolute atomic E-state index is 0.231. The topological polar surface area (TPSA) is 38.3 Å². The molecule has 3 nitrogen and oxygen atoms in total. The summed E-state index contributed by atoms with van der Waals surface area (Å²) in [6, 6.07) is 5.81. The molecule has 1 saturated heterocycles. The van der Waals surface area contributed by atoms with Crippen LogP contribution in [0.3, 0.4) is 0 Å². The average Bonchev–Trinajstić information content (AvgIpc) is 2.56. The van der Waals surface area contributed by atoms with Crippen molar-refractivity contribution in [3.8, 4) is 0 Å². The van der Waals surface area contributed by atoms with E-state index >= 15 is 0 Å². The van der Waals surface area contributed by atoms with Crippen LogP contribution in [0, 0.1) is 5.82 Å². The van der Waals surface area contributed by atoms with Crippen molar-refractivity contribution in [1.29, 1.82) is 0 Å². The van der Waals surface area contributed by atoms with Gasteiger partial charge in [-0.2, -0.15) is 0 Å². The molecule has 1 aliphatic heterocycles. The summed E-state index contributed by atoms with van der Waals surface area (Å²) in [6.07, 6.45) is -0.436. The van der Waals surface area contributed by atoms with Crippen molar-refractivity contribution >= 4 is 6.09 Å². The number of halogens is 1. The number of hydrogen-bond donors (Lipinski definition) is 1. The molecule has 2 rings (SSSR count). The first-order valence-corrected chi connectivity index (χ1v) is 5.24. The lowest BCUT2D eigenvalue weighted by atomic mass is 9.93. The Morgan fingerprint density at radius 2 is 1.82 bits per heavy atom. The van der Waals surface area contributed by atoms with Crippen molar-refractivity contribution < 1.29 is 13.9 Å². The van der Waals surface area contributed by atoms with Crippen LogP contribution in [0.25, 0.3) is 0 Å². The van der Waals surface area contributed by atoms with E-state index in [0.717, 1.165) is 5.56 Å². The fourth-order valence-corrected chi connectivity index (χ4v) is 1.76. The largest absolute Gasteiger partial charge is 0.441 e. The lowest BCUT2D eigenvalue weighted by molar-refractivity contribution is 0.0684. The van der Waals surface area contributed by atoms with Crippen molar-refractivity contribution in [2.45, 2.75) is 25.5 Å². The highest BCUT2D eigenvalue weighted by atomic mass is 19.1. The highest BCUT2D eigenvalue weighted by molar-refractivity contribution is 5.71. The van der Waals surface area contributed by atoms with Crippen LogP contribution in [0.4, 0.5) is 9.18 Å². The summed E-state index contributed by atoms with van der Waals surface area (Å²) in [6.45, 7) is 9.64. The first-order chi connectivity index (χ1) is 7.99. The van der Waals surface area contributed by atoms with Gasteiger partial charge in [0.05, 0.1) is 6.04 Å². The van der Waals surface area contributed by atoms with E-state index in [9.17, 15) is 9.18 Å². The van der Waals surface area contributed by atoms with Crippen LogP contribution >= 0.6 is 0 Å². The molecular weight excluding hydrogens is 221 g/mol. The monoisotopic (exact) mass is 237 g/mol. The van der Waals surface area contributed by atoms with Gasteiger partial charge in [0.2, 0.25) is 0 Å². The van der Waals surface area contributed by atoms with Gasteiger partial charge in [0.25, 0.3) is 0 Å². The van der Waals surface area contributed by atoms with E-state index in [4.69, 9.17) is 4.74 Å². The molecule has 1 amide bonds. The maximum atomic E-state index is 12.7. The standard InChI is InChI=1S/C11H12FNO2.C2H4/c1-11(2)9(13-10(14)15-11)7-3-5-8(12)6-4-7;1-2/h3-6,9H,1-2H3,(H,13,14);1-2H2/t9-;/m0./s1. The molecule has 0 saturated carbocycles. The SMILES string of the molecule is C=C.CC1(C)OC(=O)N[C@H]1c1ccc(F)cc1. The molecule has 1 aromatic carbocycles. The minimum atomic E-state index is -0.602. The van der Waals surface area contributed by atoms with Gasteiger partial charge in [0.1, 0.15) is 11.4 Å². The maximum absolute atomic E-state index is 12.7. The Hall–Kier alpha value is -1.84. The predicted molar refractivity (Wildman–Crippen MR) is 64.1 cm³/mol. The summed E-state index contributed by atoms with van der Waals surface area (Å²) in [7, 11) is 0. The van der Waals surface area contributed by atoms with Gasteiger partial charge in [-0.3, -0.25) is 0 Å². The number of carbonyl (C=O) groups excluding carboxylic acids is 1. The van der Waals surface area contributed by atoms with Crippen LogP contribution in [-0.2, 0) is 4.74 Å². The number of ether oxygens (including phenoxy) is 1. The third kappa shape index (κ3) is 2.84. The van der Waals surface area contributed by atoms with Crippen LogP contribution in [0.15, 0.2) is 37.4 Å². The molecule has 1 aromatic rings. The minimum Gasteiger partial charge on any atom is -0.441 e. The smallest absolute Gasteiger partial charge is 0.408 e. The number of alkyl carbamates (subject to hydrolysis) is 1. The van der Waals surface area contributed by atoms with E-state index in [1.807, 2.05) is 13.8 Å². The third-order valence-corrected chi connectivity index (χ3v) is 2.52. The Labute approximate surface area is 100 Å². The number of hydrogen-bond acceptors (Lipinski definition) is 2. The van der Waals surface area contributed by atoms with E-state index in [2.05, 4.69) is 18.5 Å². The van der Waals surface area contributed by atoms with Gasteiger partial charge in [-0.1, -0.05) is 12.1 Å². The molecule has 0 unspecified atom stereocenters. The maximum Gasteiger partial charge on any atom is 0.408 e. The summed E-state index contributed by atoms with van der Waals surface area (Å²) in [4.78, 5) is 11.1. The van der Waals surface area contributed by atoms with E-state index in [0.29, 0.717) is 0 Å². The van der Waals surface area contributed by atoms with Crippen LogP contribution in [0.5, 0.6) is 0 Å². The van der Waals surface area contributed by atoms with Crippen molar-refractivity contribution in [3.05, 3.63) is 48.8 Å². The second-order valence-electron chi connectivity index (χ2n) is 4.12. The fourth-order valence-electron chi connectivity index (χ4n) is 1.76. The molecule has 1 fully saturated rings. The Bertz CT molecular complexity index is 400. The van der Waals surface area contributed by atoms with Crippen LogP contribution in [-0.4, -0.2) is 11.7 Å². The second kappa shape index (κ2) is 4.99. The normalized spacial score (nSPS) is 20.9.